The number of hydrogen-bond acceptors (Lipinski definition) is 2. The van der Waals surface area contributed by atoms with Gasteiger partial charge in [0.2, 0.25) is 0 Å². The van der Waals surface area contributed by atoms with Gasteiger partial charge in [0, 0.05) is 0 Å². The maximum Gasteiger partial charge on any atom is 2.00 e. The Morgan fingerprint density at radius 2 is 1.29 bits per heavy atom. The molecule has 0 heterocycles. The third-order valence-corrected chi connectivity index (χ3v) is 2.73. The Morgan fingerprint density at radius 1 is 0.824 bits per heavy atom. The molecule has 1 radical (unpaired) electrons. The Balaban J connectivity index is 0.00000256. The van der Waals surface area contributed by atoms with Gasteiger partial charge in [0.1, 0.15) is 0 Å². The van der Waals surface area contributed by atoms with Gasteiger partial charge in [-0.1, -0.05) is 59.2 Å². The quantitative estimate of drug-likeness (QED) is 0.732. The van der Waals surface area contributed by atoms with E-state index in [0.29, 0.717) is 5.56 Å². The molecule has 0 fully saturated rings. The molecule has 0 aliphatic rings. The van der Waals surface area contributed by atoms with Crippen molar-refractivity contribution in [2.45, 2.75) is 52.4 Å². The molecular formula is C14H20CoO2. The van der Waals surface area contributed by atoms with Gasteiger partial charge in [-0.25, -0.2) is 0 Å². The second-order valence-corrected chi connectivity index (χ2v) is 6.35. The Bertz CT molecular complexity index is 398. The van der Waals surface area contributed by atoms with Gasteiger partial charge >= 0.3 is 16.8 Å². The van der Waals surface area contributed by atoms with Crippen LogP contribution in [0.3, 0.4) is 0 Å². The predicted octanol–water partition coefficient (Wildman–Crippen LogP) is 2.43. The van der Waals surface area contributed by atoms with Crippen LogP contribution < -0.4 is 10.2 Å². The van der Waals surface area contributed by atoms with Crippen molar-refractivity contribution < 1.29 is 27.0 Å². The van der Waals surface area contributed by atoms with E-state index >= 15 is 0 Å². The summed E-state index contributed by atoms with van der Waals surface area (Å²) in [4.78, 5) is 0. The van der Waals surface area contributed by atoms with Crippen LogP contribution in [0, 0.1) is 0 Å². The molecule has 2 nitrogen and oxygen atoms in total. The fourth-order valence-corrected chi connectivity index (χ4v) is 1.59. The van der Waals surface area contributed by atoms with E-state index in [1.165, 1.54) is 6.07 Å². The van der Waals surface area contributed by atoms with E-state index in [1.54, 1.807) is 0 Å². The summed E-state index contributed by atoms with van der Waals surface area (Å²) in [6.07, 6.45) is 0. The molecule has 0 aliphatic heterocycles. The topological polar surface area (TPSA) is 46.1 Å². The van der Waals surface area contributed by atoms with Gasteiger partial charge in [-0.2, -0.15) is 0 Å². The summed E-state index contributed by atoms with van der Waals surface area (Å²) in [5.41, 5.74) is 1.16. The summed E-state index contributed by atoms with van der Waals surface area (Å²) in [6.45, 7) is 12.0. The first-order valence-electron chi connectivity index (χ1n) is 5.56. The minimum Gasteiger partial charge on any atom is -0.873 e. The summed E-state index contributed by atoms with van der Waals surface area (Å²) in [5.74, 6) is -0.752. The molecule has 0 bridgehead atoms. The van der Waals surface area contributed by atoms with Gasteiger partial charge in [-0.15, -0.1) is 11.5 Å². The number of hydrogen-bond donors (Lipinski definition) is 0. The van der Waals surface area contributed by atoms with Crippen molar-refractivity contribution in [3.63, 3.8) is 0 Å². The molecule has 0 N–H and O–H groups in total. The van der Waals surface area contributed by atoms with Crippen LogP contribution in [-0.2, 0) is 27.6 Å². The van der Waals surface area contributed by atoms with Crippen molar-refractivity contribution in [3.8, 4) is 11.5 Å². The molecule has 0 unspecified atom stereocenters. The van der Waals surface area contributed by atoms with Gasteiger partial charge in [-0.05, 0) is 16.4 Å². The van der Waals surface area contributed by atoms with Crippen LogP contribution in [0.1, 0.15) is 52.7 Å². The van der Waals surface area contributed by atoms with Crippen molar-refractivity contribution in [1.29, 1.82) is 0 Å². The fraction of sp³-hybridized carbons (Fsp3) is 0.571. The molecule has 1 aromatic carbocycles. The van der Waals surface area contributed by atoms with Crippen molar-refractivity contribution in [3.05, 3.63) is 23.3 Å². The molecule has 0 aliphatic carbocycles. The van der Waals surface area contributed by atoms with E-state index in [0.717, 1.165) is 5.56 Å². The molecule has 0 saturated heterocycles. The normalized spacial score (nSPS) is 12.1. The monoisotopic (exact) mass is 279 g/mol. The number of benzene rings is 1. The molecule has 0 atom stereocenters. The smallest absolute Gasteiger partial charge is 0.873 e. The second kappa shape index (κ2) is 4.90. The molecule has 0 aromatic heterocycles. The van der Waals surface area contributed by atoms with E-state index in [2.05, 4.69) is 0 Å². The minimum absolute atomic E-state index is 0. The first-order chi connectivity index (χ1) is 7.03. The zero-order valence-corrected chi connectivity index (χ0v) is 12.3. The first kappa shape index (κ1) is 16.3. The molecule has 1 rings (SSSR count). The molecule has 0 spiro atoms. The zero-order valence-electron chi connectivity index (χ0n) is 11.3. The molecule has 3 heteroatoms. The van der Waals surface area contributed by atoms with Crippen molar-refractivity contribution in [2.24, 2.45) is 0 Å². The largest absolute Gasteiger partial charge is 2.00 e. The third kappa shape index (κ3) is 3.65. The Kier molecular flexibility index (Phi) is 4.71. The predicted molar refractivity (Wildman–Crippen MR) is 62.7 cm³/mol. The summed E-state index contributed by atoms with van der Waals surface area (Å²) in [5, 5.41) is 23.4. The standard InChI is InChI=1S/C14H22O2.Co/c1-13(2,3)9-7-10(14(4,5)6)12(16)11(15)8-9;/h7-8,15-16H,1-6H3;/q;+2/p-2. The van der Waals surface area contributed by atoms with Gasteiger partial charge in [0.25, 0.3) is 0 Å². The summed E-state index contributed by atoms with van der Waals surface area (Å²) in [6, 6.07) is 3.35. The summed E-state index contributed by atoms with van der Waals surface area (Å²) >= 11 is 0. The summed E-state index contributed by atoms with van der Waals surface area (Å²) in [7, 11) is 0. The maximum atomic E-state index is 11.8. The third-order valence-electron chi connectivity index (χ3n) is 2.73. The molecular weight excluding hydrogens is 259 g/mol. The van der Waals surface area contributed by atoms with Crippen LogP contribution in [0.15, 0.2) is 12.1 Å². The Morgan fingerprint density at radius 3 is 1.65 bits per heavy atom. The van der Waals surface area contributed by atoms with E-state index in [9.17, 15) is 10.2 Å². The van der Waals surface area contributed by atoms with E-state index in [4.69, 9.17) is 0 Å². The maximum absolute atomic E-state index is 11.8. The summed E-state index contributed by atoms with van der Waals surface area (Å²) < 4.78 is 0. The molecule has 0 saturated carbocycles. The Hall–Kier alpha value is -0.674. The minimum atomic E-state index is -0.391. The van der Waals surface area contributed by atoms with Crippen LogP contribution in [-0.4, -0.2) is 0 Å². The van der Waals surface area contributed by atoms with Crippen LogP contribution in [0.4, 0.5) is 0 Å². The average molecular weight is 279 g/mol. The average Bonchev–Trinajstić information content (AvgIpc) is 2.05. The van der Waals surface area contributed by atoms with Gasteiger partial charge in [0.05, 0.1) is 0 Å². The molecule has 0 amide bonds. The first-order valence-corrected chi connectivity index (χ1v) is 5.56. The van der Waals surface area contributed by atoms with E-state index in [1.807, 2.05) is 47.6 Å². The zero-order chi connectivity index (χ0) is 12.7. The molecule has 17 heavy (non-hydrogen) atoms. The van der Waals surface area contributed by atoms with Crippen LogP contribution >= 0.6 is 0 Å². The SMILES string of the molecule is CC(C)(C)c1cc([O-])c([O-])c(C(C)(C)C)c1.[Co+2]. The second-order valence-electron chi connectivity index (χ2n) is 6.35. The van der Waals surface area contributed by atoms with Crippen molar-refractivity contribution >= 4 is 0 Å². The van der Waals surface area contributed by atoms with Gasteiger partial charge in [0.15, 0.2) is 0 Å². The van der Waals surface area contributed by atoms with Crippen molar-refractivity contribution in [1.82, 2.24) is 0 Å². The van der Waals surface area contributed by atoms with Gasteiger partial charge < -0.3 is 10.2 Å². The fourth-order valence-electron chi connectivity index (χ4n) is 1.59. The molecule has 1 aromatic rings. The molecule has 97 valence electrons. The van der Waals surface area contributed by atoms with Gasteiger partial charge in [-0.3, -0.25) is 0 Å². The van der Waals surface area contributed by atoms with Crippen molar-refractivity contribution in [2.75, 3.05) is 0 Å². The Labute approximate surface area is 114 Å². The number of rotatable bonds is 0. The van der Waals surface area contributed by atoms with E-state index < -0.39 is 5.75 Å². The van der Waals surface area contributed by atoms with Crippen LogP contribution in [0.2, 0.25) is 0 Å². The van der Waals surface area contributed by atoms with E-state index in [-0.39, 0.29) is 33.4 Å². The van der Waals surface area contributed by atoms with Crippen LogP contribution in [0.5, 0.6) is 11.5 Å². The van der Waals surface area contributed by atoms with Crippen LogP contribution in [0.25, 0.3) is 0 Å².